The molecule has 1 rings (SSSR count). The highest BCUT2D eigenvalue weighted by molar-refractivity contribution is 7.99. The molecular weight excluding hydrogens is 232 g/mol. The van der Waals surface area contributed by atoms with Crippen LogP contribution in [-0.4, -0.2) is 24.0 Å². The Morgan fingerprint density at radius 1 is 1.47 bits per heavy atom. The number of aryl methyl sites for hydroxylation is 1. The Kier molecular flexibility index (Phi) is 6.08. The summed E-state index contributed by atoms with van der Waals surface area (Å²) in [6.45, 7) is 4.68. The standard InChI is InChI=1S/C13H20N2OS/c1-10-5-3-4-6-12(10)11(2)15-13(16)9-17-8-7-14/h3-6,11H,7-9,14H2,1-2H3,(H,15,16). The number of hydrogen-bond donors (Lipinski definition) is 2. The van der Waals surface area contributed by atoms with Gasteiger partial charge in [0.1, 0.15) is 0 Å². The van der Waals surface area contributed by atoms with Crippen molar-refractivity contribution in [1.82, 2.24) is 5.32 Å². The average Bonchev–Trinajstić information content (AvgIpc) is 2.29. The van der Waals surface area contributed by atoms with Gasteiger partial charge in [-0.2, -0.15) is 11.8 Å². The maximum Gasteiger partial charge on any atom is 0.230 e. The van der Waals surface area contributed by atoms with Crippen molar-refractivity contribution in [1.29, 1.82) is 0 Å². The first-order valence-corrected chi connectivity index (χ1v) is 6.93. The van der Waals surface area contributed by atoms with Gasteiger partial charge in [0.15, 0.2) is 0 Å². The van der Waals surface area contributed by atoms with Crippen molar-refractivity contribution in [2.75, 3.05) is 18.1 Å². The number of nitrogens with two attached hydrogens (primary N) is 1. The number of carbonyl (C=O) groups is 1. The van der Waals surface area contributed by atoms with Gasteiger partial charge >= 0.3 is 0 Å². The maximum absolute atomic E-state index is 11.6. The molecule has 0 aliphatic heterocycles. The van der Waals surface area contributed by atoms with Crippen LogP contribution in [-0.2, 0) is 4.79 Å². The molecule has 0 heterocycles. The summed E-state index contributed by atoms with van der Waals surface area (Å²) in [5, 5.41) is 3.00. The van der Waals surface area contributed by atoms with Gasteiger partial charge in [0.05, 0.1) is 11.8 Å². The molecule has 3 nitrogen and oxygen atoms in total. The van der Waals surface area contributed by atoms with Gasteiger partial charge in [0.25, 0.3) is 0 Å². The summed E-state index contributed by atoms with van der Waals surface area (Å²) < 4.78 is 0. The van der Waals surface area contributed by atoms with Crippen molar-refractivity contribution >= 4 is 17.7 Å². The van der Waals surface area contributed by atoms with Crippen molar-refractivity contribution in [3.63, 3.8) is 0 Å². The number of hydrogen-bond acceptors (Lipinski definition) is 3. The quantitative estimate of drug-likeness (QED) is 0.760. The van der Waals surface area contributed by atoms with Crippen LogP contribution in [0.4, 0.5) is 0 Å². The van der Waals surface area contributed by atoms with E-state index in [1.54, 1.807) is 11.8 Å². The Morgan fingerprint density at radius 3 is 2.82 bits per heavy atom. The van der Waals surface area contributed by atoms with Crippen LogP contribution in [0.3, 0.4) is 0 Å². The second-order valence-electron chi connectivity index (χ2n) is 3.99. The van der Waals surface area contributed by atoms with E-state index in [1.165, 1.54) is 11.1 Å². The molecule has 0 fully saturated rings. The predicted molar refractivity (Wildman–Crippen MR) is 74.1 cm³/mol. The van der Waals surface area contributed by atoms with E-state index < -0.39 is 0 Å². The van der Waals surface area contributed by atoms with Crippen molar-refractivity contribution in [3.8, 4) is 0 Å². The Morgan fingerprint density at radius 2 is 2.18 bits per heavy atom. The first-order chi connectivity index (χ1) is 8.15. The lowest BCUT2D eigenvalue weighted by Crippen LogP contribution is -2.28. The summed E-state index contributed by atoms with van der Waals surface area (Å²) in [7, 11) is 0. The first kappa shape index (κ1) is 14.1. The lowest BCUT2D eigenvalue weighted by Gasteiger charge is -2.16. The van der Waals surface area contributed by atoms with Gasteiger partial charge in [-0.15, -0.1) is 0 Å². The Bertz CT molecular complexity index is 368. The molecule has 0 spiro atoms. The lowest BCUT2D eigenvalue weighted by atomic mass is 10.0. The van der Waals surface area contributed by atoms with Gasteiger partial charge in [-0.05, 0) is 25.0 Å². The van der Waals surface area contributed by atoms with Crippen LogP contribution in [0.15, 0.2) is 24.3 Å². The van der Waals surface area contributed by atoms with E-state index in [2.05, 4.69) is 18.3 Å². The topological polar surface area (TPSA) is 55.1 Å². The van der Waals surface area contributed by atoms with E-state index in [4.69, 9.17) is 5.73 Å². The predicted octanol–water partition coefficient (Wildman–Crippen LogP) is 1.86. The van der Waals surface area contributed by atoms with Crippen LogP contribution in [0.2, 0.25) is 0 Å². The summed E-state index contributed by atoms with van der Waals surface area (Å²) in [6, 6.07) is 8.16. The summed E-state index contributed by atoms with van der Waals surface area (Å²) in [6.07, 6.45) is 0. The van der Waals surface area contributed by atoms with E-state index >= 15 is 0 Å². The van der Waals surface area contributed by atoms with Crippen LogP contribution in [0.1, 0.15) is 24.1 Å². The zero-order valence-corrected chi connectivity index (χ0v) is 11.2. The molecule has 0 bridgehead atoms. The molecule has 1 aromatic rings. The van der Waals surface area contributed by atoms with Crippen LogP contribution >= 0.6 is 11.8 Å². The summed E-state index contributed by atoms with van der Waals surface area (Å²) >= 11 is 1.57. The normalized spacial score (nSPS) is 12.2. The van der Waals surface area contributed by atoms with Gasteiger partial charge in [-0.25, -0.2) is 0 Å². The second-order valence-corrected chi connectivity index (χ2v) is 5.09. The fourth-order valence-corrected chi connectivity index (χ4v) is 2.26. The van der Waals surface area contributed by atoms with E-state index in [-0.39, 0.29) is 11.9 Å². The van der Waals surface area contributed by atoms with Crippen molar-refractivity contribution in [2.45, 2.75) is 19.9 Å². The van der Waals surface area contributed by atoms with Gasteiger partial charge in [0, 0.05) is 12.3 Å². The molecule has 0 aliphatic rings. The highest BCUT2D eigenvalue weighted by Gasteiger charge is 2.10. The van der Waals surface area contributed by atoms with Crippen LogP contribution in [0.5, 0.6) is 0 Å². The Balaban J connectivity index is 2.46. The van der Waals surface area contributed by atoms with E-state index in [1.807, 2.05) is 25.1 Å². The molecule has 1 unspecified atom stereocenters. The third-order valence-corrected chi connectivity index (χ3v) is 3.52. The maximum atomic E-state index is 11.6. The molecule has 0 radical (unpaired) electrons. The monoisotopic (exact) mass is 252 g/mol. The van der Waals surface area contributed by atoms with Gasteiger partial charge in [0.2, 0.25) is 5.91 Å². The minimum absolute atomic E-state index is 0.0576. The number of carbonyl (C=O) groups excluding carboxylic acids is 1. The van der Waals surface area contributed by atoms with Crippen molar-refractivity contribution < 1.29 is 4.79 Å². The summed E-state index contributed by atoms with van der Waals surface area (Å²) in [5.41, 5.74) is 7.75. The third-order valence-electron chi connectivity index (χ3n) is 2.53. The molecule has 0 saturated carbocycles. The van der Waals surface area contributed by atoms with Gasteiger partial charge < -0.3 is 11.1 Å². The smallest absolute Gasteiger partial charge is 0.230 e. The number of rotatable bonds is 6. The van der Waals surface area contributed by atoms with Gasteiger partial charge in [-0.1, -0.05) is 24.3 Å². The summed E-state index contributed by atoms with van der Waals surface area (Å²) in [5.74, 6) is 1.37. The third kappa shape index (κ3) is 4.79. The van der Waals surface area contributed by atoms with E-state index in [0.29, 0.717) is 12.3 Å². The molecule has 4 heteroatoms. The number of benzene rings is 1. The molecule has 0 aliphatic carbocycles. The van der Waals surface area contributed by atoms with Crippen molar-refractivity contribution in [3.05, 3.63) is 35.4 Å². The van der Waals surface area contributed by atoms with E-state index in [0.717, 1.165) is 5.75 Å². The Labute approximate surface area is 107 Å². The first-order valence-electron chi connectivity index (χ1n) is 5.78. The fraction of sp³-hybridized carbons (Fsp3) is 0.462. The number of amides is 1. The molecule has 3 N–H and O–H groups in total. The molecule has 0 aromatic heterocycles. The van der Waals surface area contributed by atoms with Crippen LogP contribution in [0, 0.1) is 6.92 Å². The zero-order chi connectivity index (χ0) is 12.7. The number of thioether (sulfide) groups is 1. The lowest BCUT2D eigenvalue weighted by molar-refractivity contribution is -0.119. The van der Waals surface area contributed by atoms with Crippen molar-refractivity contribution in [2.24, 2.45) is 5.73 Å². The highest BCUT2D eigenvalue weighted by Crippen LogP contribution is 2.16. The minimum Gasteiger partial charge on any atom is -0.349 e. The Hall–Kier alpha value is -1.000. The highest BCUT2D eigenvalue weighted by atomic mass is 32.2. The molecule has 94 valence electrons. The molecule has 1 atom stereocenters. The molecule has 1 aromatic carbocycles. The molecule has 17 heavy (non-hydrogen) atoms. The number of nitrogens with one attached hydrogen (secondary N) is 1. The van der Waals surface area contributed by atoms with Crippen LogP contribution in [0.25, 0.3) is 0 Å². The second kappa shape index (κ2) is 7.35. The fourth-order valence-electron chi connectivity index (χ4n) is 1.68. The van der Waals surface area contributed by atoms with Gasteiger partial charge in [-0.3, -0.25) is 4.79 Å². The summed E-state index contributed by atoms with van der Waals surface area (Å²) in [4.78, 5) is 11.6. The average molecular weight is 252 g/mol. The molecule has 0 saturated heterocycles. The molecule has 1 amide bonds. The van der Waals surface area contributed by atoms with Crippen LogP contribution < -0.4 is 11.1 Å². The zero-order valence-electron chi connectivity index (χ0n) is 10.4. The SMILES string of the molecule is Cc1ccccc1C(C)NC(=O)CSCCN. The minimum atomic E-state index is 0.0576. The van der Waals surface area contributed by atoms with E-state index in [9.17, 15) is 4.79 Å². The molecular formula is C13H20N2OS. The largest absolute Gasteiger partial charge is 0.349 e.